The predicted octanol–water partition coefficient (Wildman–Crippen LogP) is 0.573. The lowest BCUT2D eigenvalue weighted by Gasteiger charge is -2.33. The van der Waals surface area contributed by atoms with E-state index in [9.17, 15) is 13.2 Å². The molecule has 0 spiro atoms. The van der Waals surface area contributed by atoms with Gasteiger partial charge in [-0.05, 0) is 31.9 Å². The van der Waals surface area contributed by atoms with Gasteiger partial charge in [-0.1, -0.05) is 17.7 Å². The third-order valence-corrected chi connectivity index (χ3v) is 4.86. The highest BCUT2D eigenvalue weighted by molar-refractivity contribution is 7.86. The molecule has 1 aromatic carbocycles. The second-order valence-corrected chi connectivity index (χ2v) is 7.06. The Hall–Kier alpha value is -1.44. The SMILES string of the molecule is Cc1cc(C)c(C(=O)N2CCN(S(N)(=O)=O)CC2)c(C)c1. The Balaban J connectivity index is 2.17. The van der Waals surface area contributed by atoms with Crippen LogP contribution in [-0.4, -0.2) is 49.7 Å². The second-order valence-electron chi connectivity index (χ2n) is 5.51. The predicted molar refractivity (Wildman–Crippen MR) is 81.2 cm³/mol. The first kappa shape index (κ1) is 15.9. The lowest BCUT2D eigenvalue weighted by atomic mass is 9.98. The van der Waals surface area contributed by atoms with E-state index < -0.39 is 10.2 Å². The maximum Gasteiger partial charge on any atom is 0.277 e. The third kappa shape index (κ3) is 3.42. The van der Waals surface area contributed by atoms with Gasteiger partial charge in [-0.15, -0.1) is 0 Å². The molecule has 116 valence electrons. The number of aryl methyl sites for hydroxylation is 3. The summed E-state index contributed by atoms with van der Waals surface area (Å²) >= 11 is 0. The largest absolute Gasteiger partial charge is 0.336 e. The van der Waals surface area contributed by atoms with Gasteiger partial charge in [0.05, 0.1) is 0 Å². The first-order valence-electron chi connectivity index (χ1n) is 6.85. The molecule has 0 radical (unpaired) electrons. The van der Waals surface area contributed by atoms with Crippen LogP contribution in [0.25, 0.3) is 0 Å². The van der Waals surface area contributed by atoms with E-state index in [0.717, 1.165) is 16.7 Å². The highest BCUT2D eigenvalue weighted by Crippen LogP contribution is 2.19. The Labute approximate surface area is 125 Å². The van der Waals surface area contributed by atoms with Gasteiger partial charge in [0.15, 0.2) is 0 Å². The number of nitrogens with zero attached hydrogens (tertiary/aromatic N) is 2. The van der Waals surface area contributed by atoms with Gasteiger partial charge in [0.2, 0.25) is 0 Å². The Morgan fingerprint density at radius 3 is 1.95 bits per heavy atom. The summed E-state index contributed by atoms with van der Waals surface area (Å²) in [5.41, 5.74) is 3.74. The number of amides is 1. The number of piperazine rings is 1. The summed E-state index contributed by atoms with van der Waals surface area (Å²) in [6, 6.07) is 3.97. The maximum absolute atomic E-state index is 12.6. The van der Waals surface area contributed by atoms with Crippen molar-refractivity contribution in [2.45, 2.75) is 20.8 Å². The van der Waals surface area contributed by atoms with Gasteiger partial charge in [0.1, 0.15) is 0 Å². The normalized spacial score (nSPS) is 17.0. The molecule has 1 aliphatic heterocycles. The number of hydrogen-bond acceptors (Lipinski definition) is 3. The van der Waals surface area contributed by atoms with Crippen LogP contribution in [0.5, 0.6) is 0 Å². The fourth-order valence-electron chi connectivity index (χ4n) is 2.82. The molecule has 0 saturated carbocycles. The van der Waals surface area contributed by atoms with Crippen molar-refractivity contribution in [1.82, 2.24) is 9.21 Å². The molecule has 1 fully saturated rings. The fraction of sp³-hybridized carbons (Fsp3) is 0.500. The average Bonchev–Trinajstić information content (AvgIpc) is 2.36. The minimum Gasteiger partial charge on any atom is -0.336 e. The third-order valence-electron chi connectivity index (χ3n) is 3.78. The molecule has 1 saturated heterocycles. The molecule has 0 aromatic heterocycles. The summed E-state index contributed by atoms with van der Waals surface area (Å²) in [4.78, 5) is 14.3. The molecular weight excluding hydrogens is 290 g/mol. The topological polar surface area (TPSA) is 83.7 Å². The first-order valence-corrected chi connectivity index (χ1v) is 8.35. The van der Waals surface area contributed by atoms with Crippen LogP contribution < -0.4 is 5.14 Å². The minimum absolute atomic E-state index is 0.0425. The zero-order chi connectivity index (χ0) is 15.8. The summed E-state index contributed by atoms with van der Waals surface area (Å²) in [7, 11) is -3.67. The highest BCUT2D eigenvalue weighted by atomic mass is 32.2. The van der Waals surface area contributed by atoms with Crippen molar-refractivity contribution in [3.63, 3.8) is 0 Å². The molecule has 1 aromatic rings. The number of nitrogens with two attached hydrogens (primary N) is 1. The van der Waals surface area contributed by atoms with Crippen molar-refractivity contribution in [3.05, 3.63) is 34.4 Å². The van der Waals surface area contributed by atoms with E-state index in [-0.39, 0.29) is 19.0 Å². The van der Waals surface area contributed by atoms with Crippen LogP contribution in [0, 0.1) is 20.8 Å². The van der Waals surface area contributed by atoms with E-state index in [1.165, 1.54) is 4.31 Å². The smallest absolute Gasteiger partial charge is 0.277 e. The minimum atomic E-state index is -3.67. The molecule has 2 N–H and O–H groups in total. The Morgan fingerprint density at radius 1 is 1.05 bits per heavy atom. The fourth-order valence-corrected chi connectivity index (χ4v) is 3.49. The number of rotatable bonds is 2. The van der Waals surface area contributed by atoms with E-state index in [1.807, 2.05) is 32.9 Å². The van der Waals surface area contributed by atoms with Crippen molar-refractivity contribution in [3.8, 4) is 0 Å². The number of carbonyl (C=O) groups is 1. The summed E-state index contributed by atoms with van der Waals surface area (Å²) in [5, 5.41) is 5.10. The van der Waals surface area contributed by atoms with Gasteiger partial charge < -0.3 is 4.90 Å². The second kappa shape index (κ2) is 5.75. The highest BCUT2D eigenvalue weighted by Gasteiger charge is 2.28. The lowest BCUT2D eigenvalue weighted by molar-refractivity contribution is 0.0696. The van der Waals surface area contributed by atoms with Gasteiger partial charge >= 0.3 is 0 Å². The molecule has 2 rings (SSSR count). The number of hydrogen-bond donors (Lipinski definition) is 1. The summed E-state index contributed by atoms with van der Waals surface area (Å²) < 4.78 is 23.8. The molecule has 7 heteroatoms. The van der Waals surface area contributed by atoms with Crippen molar-refractivity contribution in [2.75, 3.05) is 26.2 Å². The first-order chi connectivity index (χ1) is 9.70. The van der Waals surface area contributed by atoms with Gasteiger partial charge in [-0.25, -0.2) is 5.14 Å². The molecule has 1 heterocycles. The number of benzene rings is 1. The monoisotopic (exact) mass is 311 g/mol. The van der Waals surface area contributed by atoms with E-state index >= 15 is 0 Å². The van der Waals surface area contributed by atoms with Crippen LogP contribution in [0.1, 0.15) is 27.0 Å². The number of carbonyl (C=O) groups excluding carboxylic acids is 1. The van der Waals surface area contributed by atoms with Crippen molar-refractivity contribution < 1.29 is 13.2 Å². The molecule has 0 bridgehead atoms. The van der Waals surface area contributed by atoms with Gasteiger partial charge in [-0.2, -0.15) is 12.7 Å². The molecule has 0 aliphatic carbocycles. The standard InChI is InChI=1S/C14H21N3O3S/c1-10-8-11(2)13(12(3)9-10)14(18)16-4-6-17(7-5-16)21(15,19)20/h8-9H,4-7H2,1-3H3,(H2,15,19,20). The van der Waals surface area contributed by atoms with Crippen molar-refractivity contribution in [1.29, 1.82) is 0 Å². The van der Waals surface area contributed by atoms with Gasteiger partial charge in [-0.3, -0.25) is 4.79 Å². The van der Waals surface area contributed by atoms with Crippen LogP contribution >= 0.6 is 0 Å². The van der Waals surface area contributed by atoms with E-state index in [0.29, 0.717) is 18.7 Å². The maximum atomic E-state index is 12.6. The molecule has 1 amide bonds. The molecule has 6 nitrogen and oxygen atoms in total. The Morgan fingerprint density at radius 2 is 1.52 bits per heavy atom. The summed E-state index contributed by atoms with van der Waals surface area (Å²) in [5.74, 6) is -0.0425. The van der Waals surface area contributed by atoms with E-state index in [4.69, 9.17) is 5.14 Å². The van der Waals surface area contributed by atoms with Crippen LogP contribution in [0.15, 0.2) is 12.1 Å². The lowest BCUT2D eigenvalue weighted by Crippen LogP contribution is -2.52. The van der Waals surface area contributed by atoms with Crippen molar-refractivity contribution in [2.24, 2.45) is 5.14 Å². The molecular formula is C14H21N3O3S. The molecule has 21 heavy (non-hydrogen) atoms. The Bertz CT molecular complexity index is 639. The summed E-state index contributed by atoms with van der Waals surface area (Å²) in [6.45, 7) is 7.06. The molecule has 0 atom stereocenters. The zero-order valence-corrected chi connectivity index (χ0v) is 13.4. The average molecular weight is 311 g/mol. The molecule has 1 aliphatic rings. The van der Waals surface area contributed by atoms with Gasteiger partial charge in [0.25, 0.3) is 16.1 Å². The van der Waals surface area contributed by atoms with Gasteiger partial charge in [0, 0.05) is 31.7 Å². The molecule has 0 unspecified atom stereocenters. The van der Waals surface area contributed by atoms with Crippen LogP contribution in [-0.2, 0) is 10.2 Å². The van der Waals surface area contributed by atoms with Crippen LogP contribution in [0.3, 0.4) is 0 Å². The van der Waals surface area contributed by atoms with Crippen molar-refractivity contribution >= 4 is 16.1 Å². The van der Waals surface area contributed by atoms with E-state index in [2.05, 4.69) is 0 Å². The Kier molecular flexibility index (Phi) is 4.36. The van der Waals surface area contributed by atoms with E-state index in [1.54, 1.807) is 4.90 Å². The summed E-state index contributed by atoms with van der Waals surface area (Å²) in [6.07, 6.45) is 0. The zero-order valence-electron chi connectivity index (χ0n) is 12.6. The van der Waals surface area contributed by atoms with Crippen LogP contribution in [0.4, 0.5) is 0 Å². The van der Waals surface area contributed by atoms with Crippen LogP contribution in [0.2, 0.25) is 0 Å². The quantitative estimate of drug-likeness (QED) is 0.867.